The van der Waals surface area contributed by atoms with E-state index in [-0.39, 0.29) is 11.9 Å². The van der Waals surface area contributed by atoms with Crippen LogP contribution in [0, 0.1) is 6.92 Å². The first kappa shape index (κ1) is 9.84. The van der Waals surface area contributed by atoms with E-state index in [1.54, 1.807) is 6.07 Å². The Kier molecular flexibility index (Phi) is 3.12. The second-order valence-electron chi connectivity index (χ2n) is 3.22. The van der Waals surface area contributed by atoms with Gasteiger partial charge in [0.25, 0.3) is 5.91 Å². The van der Waals surface area contributed by atoms with Gasteiger partial charge < -0.3 is 9.73 Å². The van der Waals surface area contributed by atoms with Crippen LogP contribution in [0.15, 0.2) is 16.7 Å². The molecule has 0 aliphatic heterocycles. The summed E-state index contributed by atoms with van der Waals surface area (Å²) in [6.45, 7) is 5.85. The average molecular weight is 181 g/mol. The summed E-state index contributed by atoms with van der Waals surface area (Å²) in [5.74, 6) is 0.289. The van der Waals surface area contributed by atoms with Gasteiger partial charge in [0.15, 0.2) is 5.76 Å². The van der Waals surface area contributed by atoms with Gasteiger partial charge in [-0.05, 0) is 26.3 Å². The van der Waals surface area contributed by atoms with E-state index >= 15 is 0 Å². The number of aryl methyl sites for hydroxylation is 1. The third-order valence-electron chi connectivity index (χ3n) is 2.06. The maximum absolute atomic E-state index is 11.5. The Balaban J connectivity index is 2.64. The van der Waals surface area contributed by atoms with Crippen molar-refractivity contribution >= 4 is 5.91 Å². The van der Waals surface area contributed by atoms with Gasteiger partial charge in [-0.1, -0.05) is 6.92 Å². The van der Waals surface area contributed by atoms with Gasteiger partial charge in [0.1, 0.15) is 0 Å². The van der Waals surface area contributed by atoms with E-state index in [0.29, 0.717) is 5.76 Å². The first-order valence-electron chi connectivity index (χ1n) is 4.50. The highest BCUT2D eigenvalue weighted by Gasteiger charge is 2.13. The molecule has 1 rings (SSSR count). The SMILES string of the molecule is CCC(C)NC(=O)c1occc1C. The van der Waals surface area contributed by atoms with E-state index in [0.717, 1.165) is 12.0 Å². The standard InChI is InChI=1S/C10H15NO2/c1-4-8(3)11-10(12)9-7(2)5-6-13-9/h5-6,8H,4H2,1-3H3,(H,11,12). The molecule has 0 aliphatic carbocycles. The minimum absolute atomic E-state index is 0.128. The third-order valence-corrected chi connectivity index (χ3v) is 2.06. The van der Waals surface area contributed by atoms with Crippen LogP contribution in [0.3, 0.4) is 0 Å². The van der Waals surface area contributed by atoms with Crippen molar-refractivity contribution in [2.24, 2.45) is 0 Å². The maximum atomic E-state index is 11.5. The fourth-order valence-corrected chi connectivity index (χ4v) is 0.997. The summed E-state index contributed by atoms with van der Waals surface area (Å²) < 4.78 is 5.06. The van der Waals surface area contributed by atoms with E-state index in [9.17, 15) is 4.79 Å². The average Bonchev–Trinajstić information content (AvgIpc) is 2.51. The summed E-state index contributed by atoms with van der Waals surface area (Å²) in [7, 11) is 0. The number of hydrogen-bond acceptors (Lipinski definition) is 2. The molecule has 0 fully saturated rings. The molecule has 0 saturated heterocycles. The Morgan fingerprint density at radius 1 is 1.69 bits per heavy atom. The molecule has 3 heteroatoms. The number of amides is 1. The highest BCUT2D eigenvalue weighted by atomic mass is 16.3. The van der Waals surface area contributed by atoms with E-state index in [1.165, 1.54) is 6.26 Å². The van der Waals surface area contributed by atoms with Crippen molar-refractivity contribution in [3.05, 3.63) is 23.7 Å². The minimum Gasteiger partial charge on any atom is -0.459 e. The molecule has 72 valence electrons. The fraction of sp³-hybridized carbons (Fsp3) is 0.500. The first-order chi connectivity index (χ1) is 6.15. The fourth-order valence-electron chi connectivity index (χ4n) is 0.997. The van der Waals surface area contributed by atoms with Crippen molar-refractivity contribution in [1.29, 1.82) is 0 Å². The number of nitrogens with one attached hydrogen (secondary N) is 1. The molecule has 0 spiro atoms. The molecular formula is C10H15NO2. The van der Waals surface area contributed by atoms with Gasteiger partial charge in [-0.15, -0.1) is 0 Å². The van der Waals surface area contributed by atoms with Gasteiger partial charge in [-0.2, -0.15) is 0 Å². The Bertz CT molecular complexity index is 291. The summed E-state index contributed by atoms with van der Waals surface area (Å²) in [5, 5.41) is 2.84. The van der Waals surface area contributed by atoms with Crippen LogP contribution in [0.2, 0.25) is 0 Å². The lowest BCUT2D eigenvalue weighted by atomic mass is 10.2. The van der Waals surface area contributed by atoms with E-state index < -0.39 is 0 Å². The monoisotopic (exact) mass is 181 g/mol. The second kappa shape index (κ2) is 4.12. The Morgan fingerprint density at radius 3 is 2.85 bits per heavy atom. The zero-order chi connectivity index (χ0) is 9.84. The molecule has 0 radical (unpaired) electrons. The molecule has 0 saturated carbocycles. The summed E-state index contributed by atoms with van der Waals surface area (Å²) in [6, 6.07) is 1.97. The zero-order valence-electron chi connectivity index (χ0n) is 8.26. The highest BCUT2D eigenvalue weighted by Crippen LogP contribution is 2.08. The number of rotatable bonds is 3. The molecule has 1 unspecified atom stereocenters. The number of carbonyl (C=O) groups is 1. The first-order valence-corrected chi connectivity index (χ1v) is 4.50. The highest BCUT2D eigenvalue weighted by molar-refractivity contribution is 5.92. The quantitative estimate of drug-likeness (QED) is 0.776. The van der Waals surface area contributed by atoms with E-state index in [4.69, 9.17) is 4.42 Å². The number of hydrogen-bond donors (Lipinski definition) is 1. The van der Waals surface area contributed by atoms with Crippen molar-refractivity contribution < 1.29 is 9.21 Å². The topological polar surface area (TPSA) is 42.2 Å². The Labute approximate surface area is 78.1 Å². The van der Waals surface area contributed by atoms with Gasteiger partial charge in [0, 0.05) is 11.6 Å². The summed E-state index contributed by atoms with van der Waals surface area (Å²) in [5.41, 5.74) is 0.876. The Hall–Kier alpha value is -1.25. The van der Waals surface area contributed by atoms with Crippen molar-refractivity contribution in [3.8, 4) is 0 Å². The molecule has 1 aromatic rings. The lowest BCUT2D eigenvalue weighted by Gasteiger charge is -2.09. The van der Waals surface area contributed by atoms with E-state index in [2.05, 4.69) is 5.32 Å². The van der Waals surface area contributed by atoms with Crippen molar-refractivity contribution in [1.82, 2.24) is 5.32 Å². The molecule has 1 N–H and O–H groups in total. The molecule has 0 aliphatic rings. The smallest absolute Gasteiger partial charge is 0.287 e. The van der Waals surface area contributed by atoms with Crippen LogP contribution in [0.4, 0.5) is 0 Å². The van der Waals surface area contributed by atoms with Crippen molar-refractivity contribution in [2.45, 2.75) is 33.2 Å². The van der Waals surface area contributed by atoms with Crippen LogP contribution >= 0.6 is 0 Å². The number of furan rings is 1. The van der Waals surface area contributed by atoms with Crippen LogP contribution < -0.4 is 5.32 Å². The van der Waals surface area contributed by atoms with Crippen LogP contribution in [0.5, 0.6) is 0 Å². The lowest BCUT2D eigenvalue weighted by Crippen LogP contribution is -2.31. The van der Waals surface area contributed by atoms with Gasteiger partial charge in [-0.3, -0.25) is 4.79 Å². The summed E-state index contributed by atoms with van der Waals surface area (Å²) in [4.78, 5) is 11.5. The van der Waals surface area contributed by atoms with Crippen molar-refractivity contribution in [3.63, 3.8) is 0 Å². The zero-order valence-corrected chi connectivity index (χ0v) is 8.26. The summed E-state index contributed by atoms with van der Waals surface area (Å²) in [6.07, 6.45) is 2.45. The normalized spacial score (nSPS) is 12.5. The molecule has 13 heavy (non-hydrogen) atoms. The molecular weight excluding hydrogens is 166 g/mol. The third kappa shape index (κ3) is 2.34. The predicted molar refractivity (Wildman–Crippen MR) is 50.7 cm³/mol. The predicted octanol–water partition coefficient (Wildman–Crippen LogP) is 2.12. The van der Waals surface area contributed by atoms with Crippen LogP contribution in [0.25, 0.3) is 0 Å². The second-order valence-corrected chi connectivity index (χ2v) is 3.22. The molecule has 1 atom stereocenters. The molecule has 1 aromatic heterocycles. The number of carbonyl (C=O) groups excluding carboxylic acids is 1. The minimum atomic E-state index is -0.128. The molecule has 1 heterocycles. The Morgan fingerprint density at radius 2 is 2.38 bits per heavy atom. The molecule has 1 amide bonds. The van der Waals surface area contributed by atoms with Gasteiger partial charge in [0.05, 0.1) is 6.26 Å². The van der Waals surface area contributed by atoms with Crippen molar-refractivity contribution in [2.75, 3.05) is 0 Å². The van der Waals surface area contributed by atoms with Gasteiger partial charge in [-0.25, -0.2) is 0 Å². The summed E-state index contributed by atoms with van der Waals surface area (Å²) >= 11 is 0. The van der Waals surface area contributed by atoms with Crippen LogP contribution in [-0.2, 0) is 0 Å². The lowest BCUT2D eigenvalue weighted by molar-refractivity contribution is 0.0910. The van der Waals surface area contributed by atoms with Crippen LogP contribution in [-0.4, -0.2) is 11.9 Å². The molecule has 0 bridgehead atoms. The maximum Gasteiger partial charge on any atom is 0.287 e. The molecule has 3 nitrogen and oxygen atoms in total. The van der Waals surface area contributed by atoms with Gasteiger partial charge in [0.2, 0.25) is 0 Å². The van der Waals surface area contributed by atoms with Crippen LogP contribution in [0.1, 0.15) is 36.4 Å². The largest absolute Gasteiger partial charge is 0.459 e. The van der Waals surface area contributed by atoms with Gasteiger partial charge >= 0.3 is 0 Å². The van der Waals surface area contributed by atoms with E-state index in [1.807, 2.05) is 20.8 Å². The molecule has 0 aromatic carbocycles.